The molecule has 0 fully saturated rings. The molecule has 1 heteroatoms. The maximum absolute atomic E-state index is 2.69. The lowest BCUT2D eigenvalue weighted by atomic mass is 9.93. The van der Waals surface area contributed by atoms with Crippen LogP contribution in [0.1, 0.15) is 57.7 Å². The second kappa shape index (κ2) is 8.14. The van der Waals surface area contributed by atoms with Crippen LogP contribution >= 0.6 is 0 Å². The number of nitrogens with zero attached hydrogens (tertiary/aromatic N) is 1. The van der Waals surface area contributed by atoms with Gasteiger partial charge >= 0.3 is 0 Å². The molecule has 2 rings (SSSR count). The Morgan fingerprint density at radius 2 is 1.05 bits per heavy atom. The average molecular weight is 295 g/mol. The second-order valence-corrected chi connectivity index (χ2v) is 6.19. The van der Waals surface area contributed by atoms with E-state index in [4.69, 9.17) is 0 Å². The smallest absolute Gasteiger partial charge is 0.0606 e. The molecule has 0 N–H and O–H groups in total. The van der Waals surface area contributed by atoms with Crippen LogP contribution in [0.25, 0.3) is 0 Å². The summed E-state index contributed by atoms with van der Waals surface area (Å²) in [6, 6.07) is 23.3. The molecule has 118 valence electrons. The van der Waals surface area contributed by atoms with Crippen LogP contribution in [0.3, 0.4) is 0 Å². The van der Waals surface area contributed by atoms with Crippen LogP contribution in [-0.2, 0) is 0 Å². The summed E-state index contributed by atoms with van der Waals surface area (Å²) in [5.74, 6) is 0. The van der Waals surface area contributed by atoms with E-state index in [9.17, 15) is 0 Å². The predicted molar refractivity (Wildman–Crippen MR) is 96.1 cm³/mol. The highest BCUT2D eigenvalue weighted by Crippen LogP contribution is 2.33. The molecule has 2 atom stereocenters. The van der Waals surface area contributed by atoms with Gasteiger partial charge in [0, 0.05) is 12.1 Å². The fourth-order valence-corrected chi connectivity index (χ4v) is 3.17. The summed E-state index contributed by atoms with van der Waals surface area (Å²) in [6.07, 6.45) is 2.33. The molecule has 1 nitrogen and oxygen atoms in total. The Labute approximate surface area is 136 Å². The molecular weight excluding hydrogens is 266 g/mol. The van der Waals surface area contributed by atoms with E-state index in [1.807, 2.05) is 0 Å². The van der Waals surface area contributed by atoms with E-state index in [1.165, 1.54) is 24.0 Å². The molecule has 0 spiro atoms. The van der Waals surface area contributed by atoms with Crippen LogP contribution < -0.4 is 0 Å². The summed E-state index contributed by atoms with van der Waals surface area (Å²) in [4.78, 5) is 2.69. The van der Waals surface area contributed by atoms with E-state index in [-0.39, 0.29) is 0 Å². The lowest BCUT2D eigenvalue weighted by Crippen LogP contribution is -2.43. The molecule has 0 aromatic heterocycles. The van der Waals surface area contributed by atoms with Crippen LogP contribution in [0, 0.1) is 0 Å². The van der Waals surface area contributed by atoms with Gasteiger partial charge in [-0.25, -0.2) is 0 Å². The van der Waals surface area contributed by atoms with Crippen LogP contribution in [-0.4, -0.2) is 17.0 Å². The zero-order valence-corrected chi connectivity index (χ0v) is 14.4. The van der Waals surface area contributed by atoms with Crippen molar-refractivity contribution in [1.82, 2.24) is 4.90 Å². The minimum atomic E-state index is 0.326. The van der Waals surface area contributed by atoms with Gasteiger partial charge in [-0.1, -0.05) is 74.5 Å². The summed E-state index contributed by atoms with van der Waals surface area (Å²) < 4.78 is 0. The molecule has 0 heterocycles. The van der Waals surface area contributed by atoms with Crippen molar-refractivity contribution in [2.75, 3.05) is 0 Å². The molecule has 2 aromatic rings. The molecule has 0 saturated heterocycles. The lowest BCUT2D eigenvalue weighted by molar-refractivity contribution is 0.108. The van der Waals surface area contributed by atoms with Crippen LogP contribution in [0.4, 0.5) is 0 Å². The number of hydrogen-bond donors (Lipinski definition) is 0. The third kappa shape index (κ3) is 3.78. The zero-order valence-electron chi connectivity index (χ0n) is 14.4. The van der Waals surface area contributed by atoms with Crippen LogP contribution in [0.15, 0.2) is 60.7 Å². The Hall–Kier alpha value is -1.60. The Morgan fingerprint density at radius 3 is 1.36 bits per heavy atom. The second-order valence-electron chi connectivity index (χ2n) is 6.19. The average Bonchev–Trinajstić information content (AvgIpc) is 2.59. The minimum Gasteiger partial charge on any atom is -0.287 e. The molecule has 0 amide bonds. The molecule has 0 aliphatic rings. The number of benzene rings is 2. The third-order valence-corrected chi connectivity index (χ3v) is 4.73. The van der Waals surface area contributed by atoms with Gasteiger partial charge in [-0.3, -0.25) is 4.90 Å². The normalized spacial score (nSPS) is 14.3. The Morgan fingerprint density at radius 1 is 0.682 bits per heavy atom. The molecular formula is C21H29N. The molecule has 0 bridgehead atoms. The summed E-state index contributed by atoms with van der Waals surface area (Å²) >= 11 is 0. The fourth-order valence-electron chi connectivity index (χ4n) is 3.17. The van der Waals surface area contributed by atoms with Crippen molar-refractivity contribution >= 4 is 0 Å². The van der Waals surface area contributed by atoms with Crippen molar-refractivity contribution in [3.8, 4) is 0 Å². The van der Waals surface area contributed by atoms with Gasteiger partial charge in [-0.2, -0.15) is 0 Å². The molecule has 22 heavy (non-hydrogen) atoms. The third-order valence-electron chi connectivity index (χ3n) is 4.73. The molecule has 2 unspecified atom stereocenters. The van der Waals surface area contributed by atoms with Crippen molar-refractivity contribution in [1.29, 1.82) is 0 Å². The highest BCUT2D eigenvalue weighted by molar-refractivity contribution is 5.32. The lowest BCUT2D eigenvalue weighted by Gasteiger charge is -2.41. The Kier molecular flexibility index (Phi) is 6.21. The van der Waals surface area contributed by atoms with Gasteiger partial charge in [0.2, 0.25) is 0 Å². The maximum Gasteiger partial charge on any atom is 0.0606 e. The monoisotopic (exact) mass is 295 g/mol. The Balaban J connectivity index is 2.51. The molecule has 0 aliphatic heterocycles. The first-order valence-corrected chi connectivity index (χ1v) is 8.56. The summed E-state index contributed by atoms with van der Waals surface area (Å²) in [6.45, 7) is 9.27. The molecule has 0 radical (unpaired) electrons. The molecule has 2 aromatic carbocycles. The van der Waals surface area contributed by atoms with Gasteiger partial charge in [0.05, 0.1) is 6.04 Å². The van der Waals surface area contributed by atoms with E-state index >= 15 is 0 Å². The first kappa shape index (κ1) is 16.8. The van der Waals surface area contributed by atoms with E-state index < -0.39 is 0 Å². The number of rotatable bonds is 7. The molecule has 0 saturated carbocycles. The summed E-state index contributed by atoms with van der Waals surface area (Å²) in [5.41, 5.74) is 2.77. The van der Waals surface area contributed by atoms with Gasteiger partial charge in [0.15, 0.2) is 0 Å². The quantitative estimate of drug-likeness (QED) is 0.635. The SMILES string of the molecule is CCC(C)N(C(C)CC)C(c1ccccc1)c1ccccc1. The van der Waals surface area contributed by atoms with E-state index in [1.54, 1.807) is 0 Å². The van der Waals surface area contributed by atoms with Gasteiger partial charge in [0.1, 0.15) is 0 Å². The number of hydrogen-bond acceptors (Lipinski definition) is 1. The fraction of sp³-hybridized carbons (Fsp3) is 0.429. The van der Waals surface area contributed by atoms with Crippen LogP contribution in [0.5, 0.6) is 0 Å². The van der Waals surface area contributed by atoms with E-state index in [0.29, 0.717) is 18.1 Å². The van der Waals surface area contributed by atoms with Crippen molar-refractivity contribution in [3.63, 3.8) is 0 Å². The summed E-state index contributed by atoms with van der Waals surface area (Å²) in [5, 5.41) is 0. The van der Waals surface area contributed by atoms with Gasteiger partial charge < -0.3 is 0 Å². The van der Waals surface area contributed by atoms with E-state index in [0.717, 1.165) is 0 Å². The standard InChI is InChI=1S/C21H29N/c1-5-17(3)22(18(4)6-2)21(19-13-9-7-10-14-19)20-15-11-8-12-16-20/h7-18,21H,5-6H2,1-4H3. The Bertz CT molecular complexity index is 485. The topological polar surface area (TPSA) is 3.24 Å². The van der Waals surface area contributed by atoms with Gasteiger partial charge in [-0.15, -0.1) is 0 Å². The summed E-state index contributed by atoms with van der Waals surface area (Å²) in [7, 11) is 0. The van der Waals surface area contributed by atoms with Crippen molar-refractivity contribution in [2.24, 2.45) is 0 Å². The maximum atomic E-state index is 2.69. The highest BCUT2D eigenvalue weighted by atomic mass is 15.2. The van der Waals surface area contributed by atoms with Gasteiger partial charge in [0.25, 0.3) is 0 Å². The van der Waals surface area contributed by atoms with Crippen molar-refractivity contribution in [2.45, 2.75) is 58.7 Å². The van der Waals surface area contributed by atoms with Crippen molar-refractivity contribution < 1.29 is 0 Å². The first-order valence-electron chi connectivity index (χ1n) is 8.56. The predicted octanol–water partition coefficient (Wildman–Crippen LogP) is 5.68. The van der Waals surface area contributed by atoms with Gasteiger partial charge in [-0.05, 0) is 37.8 Å². The zero-order chi connectivity index (χ0) is 15.9. The van der Waals surface area contributed by atoms with E-state index in [2.05, 4.69) is 93.3 Å². The van der Waals surface area contributed by atoms with Crippen molar-refractivity contribution in [3.05, 3.63) is 71.8 Å². The first-order chi connectivity index (χ1) is 10.7. The molecule has 0 aliphatic carbocycles. The van der Waals surface area contributed by atoms with Crippen LogP contribution in [0.2, 0.25) is 0 Å². The largest absolute Gasteiger partial charge is 0.287 e. The minimum absolute atomic E-state index is 0.326. The highest BCUT2D eigenvalue weighted by Gasteiger charge is 2.28.